The van der Waals surface area contributed by atoms with Gasteiger partial charge in [0, 0.05) is 72.9 Å². The predicted molar refractivity (Wildman–Crippen MR) is 420 cm³/mol. The highest BCUT2D eigenvalue weighted by atomic mass is 33.1. The molecule has 0 spiro atoms. The number of carboxylic acids is 1. The molecule has 41 heteroatoms. The van der Waals surface area contributed by atoms with Crippen LogP contribution in [0.2, 0.25) is 0 Å². The lowest BCUT2D eigenvalue weighted by molar-refractivity contribution is -0.142. The van der Waals surface area contributed by atoms with Crippen molar-refractivity contribution >= 4 is 121 Å². The molecule has 2 aromatic heterocycles. The Bertz CT molecular complexity index is 4130. The summed E-state index contributed by atoms with van der Waals surface area (Å²) in [6.07, 6.45) is -0.0201. The van der Waals surface area contributed by atoms with Crippen LogP contribution < -0.4 is 92.1 Å². The van der Waals surface area contributed by atoms with Gasteiger partial charge in [0.15, 0.2) is 0 Å². The molecule has 15 atom stereocenters. The lowest BCUT2D eigenvalue weighted by atomic mass is 10.00. The predicted octanol–water partition coefficient (Wildman–Crippen LogP) is -6.12. The van der Waals surface area contributed by atoms with Gasteiger partial charge in [-0.3, -0.25) is 77.1 Å². The van der Waals surface area contributed by atoms with E-state index in [9.17, 15) is 78.0 Å². The van der Waals surface area contributed by atoms with Gasteiger partial charge in [0.1, 0.15) is 72.5 Å². The van der Waals surface area contributed by atoms with Crippen molar-refractivity contribution in [3.63, 3.8) is 0 Å². The summed E-state index contributed by atoms with van der Waals surface area (Å²) in [7, 11) is 1.48. The van der Waals surface area contributed by atoms with E-state index in [1.54, 1.807) is 91.1 Å². The highest BCUT2D eigenvalue weighted by molar-refractivity contribution is 8.76. The number of aliphatic hydroxyl groups is 3. The number of nitrogens with two attached hydrogens (primary N) is 4. The minimum Gasteiger partial charge on any atom is -0.480 e. The number of aliphatic hydroxyl groups excluding tert-OH is 3. The SMILES string of the molecule is C[C@H](N)C(=O)NCC(=O)N[C@H]1CSSC[C@@H](C(=O)O)NC(=O)[C@H](CO)NC(=O)[C@@H]([C@H](C)O)NC(=O)[C@H](Cc2cnccn2)NC(=O)[C@@H]([C@H](C)O)NC(=O)[C@@H](CCCCN)NC(=O)[C@H](Cc2c[nH]c3ccccc23)NC(=O)[C@@H](Cc2ccccc2)NC(=O)[C@H](Cc2ccccc2)NC(=O)[C@@H](CC(N)=O)NC(=O)[C@H](CCCCN)NC1=O. The Morgan fingerprint density at radius 1 is 0.522 bits per heavy atom. The molecule has 0 bridgehead atoms. The summed E-state index contributed by atoms with van der Waals surface area (Å²) >= 11 is 0. The lowest BCUT2D eigenvalue weighted by Gasteiger charge is -2.29. The van der Waals surface area contributed by atoms with Crippen molar-refractivity contribution < 1.29 is 92.3 Å². The number of para-hydroxylation sites is 1. The second-order valence-electron chi connectivity index (χ2n) is 27.3. The summed E-state index contributed by atoms with van der Waals surface area (Å²) in [5, 5.41) is 75.8. The number of aliphatic carboxylic acids is 1. The number of aromatic amines is 1. The summed E-state index contributed by atoms with van der Waals surface area (Å²) < 4.78 is 0. The van der Waals surface area contributed by atoms with Crippen LogP contribution in [0.15, 0.2) is 110 Å². The van der Waals surface area contributed by atoms with Crippen LogP contribution in [-0.2, 0) is 97.6 Å². The van der Waals surface area contributed by atoms with E-state index in [-0.39, 0.29) is 70.2 Å². The number of amides is 14. The molecule has 0 unspecified atom stereocenters. The van der Waals surface area contributed by atoms with E-state index in [4.69, 9.17) is 22.9 Å². The number of carbonyl (C=O) groups is 15. The Labute approximate surface area is 669 Å². The molecule has 3 heterocycles. The second-order valence-corrected chi connectivity index (χ2v) is 29.9. The van der Waals surface area contributed by atoms with Crippen molar-refractivity contribution in [2.75, 3.05) is 37.7 Å². The van der Waals surface area contributed by atoms with Crippen LogP contribution >= 0.6 is 21.6 Å². The van der Waals surface area contributed by atoms with E-state index < -0.39 is 217 Å². The lowest BCUT2D eigenvalue weighted by Crippen LogP contribution is -2.63. The number of fused-ring (bicyclic) bond motifs is 1. The van der Waals surface area contributed by atoms with Crippen LogP contribution in [0.3, 0.4) is 0 Å². The molecule has 0 radical (unpaired) electrons. The van der Waals surface area contributed by atoms with Gasteiger partial charge in [0.05, 0.1) is 43.5 Å². The normalized spacial score (nSPS) is 23.7. The molecule has 26 N–H and O–H groups in total. The van der Waals surface area contributed by atoms with E-state index in [2.05, 4.69) is 84.1 Å². The van der Waals surface area contributed by atoms with Gasteiger partial charge < -0.3 is 117 Å². The van der Waals surface area contributed by atoms with Crippen molar-refractivity contribution in [3.05, 3.63) is 132 Å². The number of primary amides is 1. The Kier molecular flexibility index (Phi) is 38.2. The first kappa shape index (κ1) is 92.7. The number of benzene rings is 3. The maximum absolute atomic E-state index is 15.4. The second kappa shape index (κ2) is 47.5. The molecule has 0 saturated carbocycles. The molecule has 1 aliphatic heterocycles. The molecule has 115 heavy (non-hydrogen) atoms. The number of aromatic nitrogens is 3. The molecule has 5 aromatic rings. The first-order valence-electron chi connectivity index (χ1n) is 37.1. The molecule has 1 saturated heterocycles. The van der Waals surface area contributed by atoms with Crippen molar-refractivity contribution in [2.45, 2.75) is 182 Å². The van der Waals surface area contributed by atoms with Crippen LogP contribution in [0, 0.1) is 0 Å². The molecule has 0 aliphatic carbocycles. The third kappa shape index (κ3) is 30.6. The Morgan fingerprint density at radius 3 is 1.47 bits per heavy atom. The molecule has 624 valence electrons. The highest BCUT2D eigenvalue weighted by Crippen LogP contribution is 2.25. The van der Waals surface area contributed by atoms with Gasteiger partial charge >= 0.3 is 5.97 Å². The summed E-state index contributed by atoms with van der Waals surface area (Å²) in [5.74, 6) is -18.0. The molecule has 3 aromatic carbocycles. The van der Waals surface area contributed by atoms with Crippen LogP contribution in [0.5, 0.6) is 0 Å². The van der Waals surface area contributed by atoms with E-state index in [0.717, 1.165) is 35.4 Å². The van der Waals surface area contributed by atoms with Gasteiger partial charge in [-0.05, 0) is 95.1 Å². The third-order valence-corrected chi connectivity index (χ3v) is 20.4. The average molecular weight is 1640 g/mol. The van der Waals surface area contributed by atoms with Gasteiger partial charge in [0.2, 0.25) is 82.7 Å². The minimum absolute atomic E-state index is 0.0596. The largest absolute Gasteiger partial charge is 0.480 e. The zero-order valence-electron chi connectivity index (χ0n) is 63.5. The standard InChI is InChI=1S/C74H102N20O19S2/c1-39(77)62(100)82-35-59(99)83-56-37-114-115-38-57(74(112)113)92-70(108)55(36-95)91-73(111)61(41(3)97)94-69(107)53(31-45-34-79-26-27-80-45)90-72(110)60(40(2)96)93-64(102)49(23-13-15-25-76)84-67(105)52(30-44-33-81-47-21-11-10-20-46(44)47)88-66(104)51(29-43-18-8-5-9-19-43)86-65(103)50(28-42-16-6-4-7-17-42)87-68(106)54(32-58(78)98)89-63(101)48(85-71(56)109)22-12-14-24-75/h4-11,16-21,26-27,33-34,39-41,48-57,60-61,81,95-97H,12-15,22-25,28-32,35-38,75-77H2,1-3H3,(H2,78,98)(H,82,100)(H,83,99)(H,84,105)(H,85,109)(H,86,103)(H,87,106)(H,88,104)(H,89,101)(H,90,110)(H,91,111)(H,92,108)(H,93,102)(H,94,107)(H,112,113)/t39-,40-,41-,48-,49+,50-,51+,52-,53-,54+,55-,56-,57-,60+,61+/m0/s1. The van der Waals surface area contributed by atoms with Crippen LogP contribution in [0.25, 0.3) is 10.9 Å². The van der Waals surface area contributed by atoms with Crippen molar-refractivity contribution in [1.29, 1.82) is 0 Å². The molecular formula is C74H102N20O19S2. The minimum atomic E-state index is -2.02. The fourth-order valence-electron chi connectivity index (χ4n) is 11.7. The van der Waals surface area contributed by atoms with Crippen molar-refractivity contribution in [2.24, 2.45) is 22.9 Å². The number of nitrogens with one attached hydrogen (secondary N) is 14. The number of unbranched alkanes of at least 4 members (excludes halogenated alkanes) is 2. The maximum atomic E-state index is 15.4. The van der Waals surface area contributed by atoms with Gasteiger partial charge in [0.25, 0.3) is 0 Å². The van der Waals surface area contributed by atoms with Crippen LogP contribution in [-0.4, -0.2) is 253 Å². The molecule has 1 aliphatic rings. The average Bonchev–Trinajstić information content (AvgIpc) is 1.71. The third-order valence-electron chi connectivity index (χ3n) is 18.0. The van der Waals surface area contributed by atoms with Crippen LogP contribution in [0.4, 0.5) is 0 Å². The summed E-state index contributed by atoms with van der Waals surface area (Å²) in [4.78, 5) is 225. The van der Waals surface area contributed by atoms with Crippen LogP contribution in [0.1, 0.15) is 88.1 Å². The van der Waals surface area contributed by atoms with Gasteiger partial charge in [-0.1, -0.05) is 100 Å². The van der Waals surface area contributed by atoms with Crippen molar-refractivity contribution in [3.8, 4) is 0 Å². The number of nitrogens with zero attached hydrogens (tertiary/aromatic N) is 2. The number of rotatable bonds is 26. The monoisotopic (exact) mass is 1640 g/mol. The highest BCUT2D eigenvalue weighted by Gasteiger charge is 2.40. The quantitative estimate of drug-likeness (QED) is 0.0181. The maximum Gasteiger partial charge on any atom is 0.327 e. The molecular weight excluding hydrogens is 1540 g/mol. The first-order chi connectivity index (χ1) is 54.9. The van der Waals surface area contributed by atoms with E-state index >= 15 is 14.4 Å². The fourth-order valence-corrected chi connectivity index (χ4v) is 14.1. The molecule has 39 nitrogen and oxygen atoms in total. The van der Waals surface area contributed by atoms with Gasteiger partial charge in [-0.2, -0.15) is 0 Å². The first-order valence-corrected chi connectivity index (χ1v) is 39.6. The summed E-state index contributed by atoms with van der Waals surface area (Å²) in [6, 6.07) is 1.20. The van der Waals surface area contributed by atoms with Crippen molar-refractivity contribution in [1.82, 2.24) is 84.1 Å². The van der Waals surface area contributed by atoms with E-state index in [1.807, 2.05) is 0 Å². The molecule has 6 rings (SSSR count). The number of hydrogen-bond donors (Lipinski definition) is 22. The number of H-pyrrole nitrogens is 1. The smallest absolute Gasteiger partial charge is 0.327 e. The number of carbonyl (C=O) groups excluding carboxylic acids is 14. The molecule has 1 fully saturated rings. The molecule has 14 amide bonds. The zero-order valence-corrected chi connectivity index (χ0v) is 65.1. The fraction of sp³-hybridized carbons (Fsp3) is 0.473. The Hall–Kier alpha value is -11.2. The summed E-state index contributed by atoms with van der Waals surface area (Å²) in [6.45, 7) is 1.80. The van der Waals surface area contributed by atoms with E-state index in [0.29, 0.717) is 34.0 Å². The number of carboxylic acid groups (broad SMARTS) is 1. The van der Waals surface area contributed by atoms with E-state index in [1.165, 1.54) is 25.5 Å². The van der Waals surface area contributed by atoms with Gasteiger partial charge in [-0.25, -0.2) is 4.79 Å². The summed E-state index contributed by atoms with van der Waals surface area (Å²) in [5.41, 5.74) is 25.2. The number of hydrogen-bond acceptors (Lipinski definition) is 25. The van der Waals surface area contributed by atoms with Gasteiger partial charge in [-0.15, -0.1) is 0 Å². The zero-order chi connectivity index (χ0) is 84.3. The Balaban J connectivity index is 1.47. The Morgan fingerprint density at radius 2 is 0.965 bits per heavy atom. The topological polar surface area (TPSA) is 639 Å².